The van der Waals surface area contributed by atoms with Crippen molar-refractivity contribution in [2.75, 3.05) is 0 Å². The Morgan fingerprint density at radius 3 is 2.47 bits per heavy atom. The van der Waals surface area contributed by atoms with E-state index in [9.17, 15) is 0 Å². The SMILES string of the molecule is Cc1ccc2[n-]c3ccccc3c2c1.[Y]. The Morgan fingerprint density at radius 2 is 1.60 bits per heavy atom. The molecular formula is C13H10NY-. The minimum Gasteiger partial charge on any atom is -0.657 e. The van der Waals surface area contributed by atoms with Crippen LogP contribution in [0.15, 0.2) is 42.5 Å². The van der Waals surface area contributed by atoms with E-state index in [2.05, 4.69) is 48.3 Å². The molecule has 3 aromatic rings. The standard InChI is InChI=1S/C13H10N.Y/c1-9-6-7-13-11(8-9)10-4-2-3-5-12(10)14-13;/h2-8H,1H3;/q-1;. The van der Waals surface area contributed by atoms with Gasteiger partial charge < -0.3 is 4.98 Å². The molecule has 0 aliphatic heterocycles. The Hall–Kier alpha value is -0.656. The van der Waals surface area contributed by atoms with Gasteiger partial charge >= 0.3 is 0 Å². The number of benzene rings is 2. The summed E-state index contributed by atoms with van der Waals surface area (Å²) in [6.07, 6.45) is 0. The first-order chi connectivity index (χ1) is 6.84. The van der Waals surface area contributed by atoms with Crippen LogP contribution in [0.3, 0.4) is 0 Å². The van der Waals surface area contributed by atoms with E-state index in [1.807, 2.05) is 6.07 Å². The number of rotatable bonds is 0. The first kappa shape index (κ1) is 10.8. The third-order valence-electron chi connectivity index (χ3n) is 2.59. The summed E-state index contributed by atoms with van der Waals surface area (Å²) in [5.74, 6) is 0. The van der Waals surface area contributed by atoms with Gasteiger partial charge in [0.25, 0.3) is 0 Å². The fourth-order valence-corrected chi connectivity index (χ4v) is 1.89. The Balaban J connectivity index is 0.000000853. The second-order valence-electron chi connectivity index (χ2n) is 3.65. The molecular weight excluding hydrogens is 259 g/mol. The van der Waals surface area contributed by atoms with Crippen LogP contribution in [0.5, 0.6) is 0 Å². The van der Waals surface area contributed by atoms with E-state index in [-0.39, 0.29) is 32.7 Å². The molecule has 15 heavy (non-hydrogen) atoms. The minimum atomic E-state index is 0. The summed E-state index contributed by atoms with van der Waals surface area (Å²) >= 11 is 0. The van der Waals surface area contributed by atoms with Crippen molar-refractivity contribution in [3.05, 3.63) is 48.0 Å². The van der Waals surface area contributed by atoms with E-state index in [0.717, 1.165) is 11.0 Å². The molecule has 0 saturated heterocycles. The van der Waals surface area contributed by atoms with Crippen molar-refractivity contribution in [2.45, 2.75) is 6.92 Å². The molecule has 71 valence electrons. The zero-order valence-electron chi connectivity index (χ0n) is 8.57. The second kappa shape index (κ2) is 4.07. The first-order valence-corrected chi connectivity index (χ1v) is 4.76. The number of aryl methyl sites for hydroxylation is 1. The van der Waals surface area contributed by atoms with Crippen molar-refractivity contribution in [3.63, 3.8) is 0 Å². The van der Waals surface area contributed by atoms with Gasteiger partial charge in [-0.3, -0.25) is 0 Å². The molecule has 3 rings (SSSR count). The van der Waals surface area contributed by atoms with Gasteiger partial charge in [0, 0.05) is 32.7 Å². The predicted octanol–water partition coefficient (Wildman–Crippen LogP) is 3.26. The van der Waals surface area contributed by atoms with Crippen molar-refractivity contribution >= 4 is 21.8 Å². The van der Waals surface area contributed by atoms with E-state index in [1.165, 1.54) is 16.3 Å². The number of hydrogen-bond donors (Lipinski definition) is 0. The summed E-state index contributed by atoms with van der Waals surface area (Å²) in [4.78, 5) is 4.56. The first-order valence-electron chi connectivity index (χ1n) is 4.76. The maximum absolute atomic E-state index is 4.56. The molecule has 0 bridgehead atoms. The van der Waals surface area contributed by atoms with Crippen LogP contribution >= 0.6 is 0 Å². The van der Waals surface area contributed by atoms with E-state index < -0.39 is 0 Å². The molecule has 0 aliphatic carbocycles. The predicted molar refractivity (Wildman–Crippen MR) is 59.5 cm³/mol. The summed E-state index contributed by atoms with van der Waals surface area (Å²) in [6.45, 7) is 2.11. The van der Waals surface area contributed by atoms with Crippen LogP contribution in [-0.2, 0) is 32.7 Å². The quantitative estimate of drug-likeness (QED) is 0.611. The van der Waals surface area contributed by atoms with Gasteiger partial charge in [-0.25, -0.2) is 0 Å². The molecule has 0 atom stereocenters. The van der Waals surface area contributed by atoms with Gasteiger partial charge in [-0.1, -0.05) is 48.0 Å². The van der Waals surface area contributed by atoms with Gasteiger partial charge in [-0.2, -0.15) is 0 Å². The molecule has 0 saturated carbocycles. The number of aromatic nitrogens is 1. The maximum atomic E-state index is 4.56. The molecule has 2 heteroatoms. The second-order valence-corrected chi connectivity index (χ2v) is 3.65. The van der Waals surface area contributed by atoms with E-state index in [1.54, 1.807) is 0 Å². The summed E-state index contributed by atoms with van der Waals surface area (Å²) in [6, 6.07) is 14.7. The maximum Gasteiger partial charge on any atom is 0 e. The molecule has 0 amide bonds. The molecule has 1 aromatic heterocycles. The molecule has 1 nitrogen and oxygen atoms in total. The topological polar surface area (TPSA) is 14.1 Å². The van der Waals surface area contributed by atoms with Gasteiger partial charge in [0.2, 0.25) is 0 Å². The Labute approximate surface area is 114 Å². The molecule has 0 N–H and O–H groups in total. The van der Waals surface area contributed by atoms with Crippen molar-refractivity contribution in [3.8, 4) is 0 Å². The van der Waals surface area contributed by atoms with Crippen molar-refractivity contribution in [2.24, 2.45) is 0 Å². The van der Waals surface area contributed by atoms with Crippen molar-refractivity contribution < 1.29 is 32.7 Å². The van der Waals surface area contributed by atoms with E-state index in [4.69, 9.17) is 0 Å². The Kier molecular flexibility index (Phi) is 2.95. The molecule has 0 fully saturated rings. The summed E-state index contributed by atoms with van der Waals surface area (Å²) in [5, 5.41) is 2.52. The van der Waals surface area contributed by atoms with Crippen LogP contribution in [0.2, 0.25) is 0 Å². The molecule has 0 aliphatic rings. The van der Waals surface area contributed by atoms with Gasteiger partial charge in [0.05, 0.1) is 0 Å². The molecule has 0 unspecified atom stereocenters. The molecule has 1 radical (unpaired) electrons. The average molecular weight is 269 g/mol. The zero-order chi connectivity index (χ0) is 9.54. The van der Waals surface area contributed by atoms with E-state index >= 15 is 0 Å². The van der Waals surface area contributed by atoms with Crippen LogP contribution in [0, 0.1) is 6.92 Å². The zero-order valence-corrected chi connectivity index (χ0v) is 11.4. The summed E-state index contributed by atoms with van der Waals surface area (Å²) < 4.78 is 0. The third kappa shape index (κ3) is 1.75. The van der Waals surface area contributed by atoms with Crippen LogP contribution in [0.1, 0.15) is 5.56 Å². The summed E-state index contributed by atoms with van der Waals surface area (Å²) in [5.41, 5.74) is 3.47. The minimum absolute atomic E-state index is 0. The van der Waals surface area contributed by atoms with Gasteiger partial charge in [-0.05, 0) is 17.7 Å². The van der Waals surface area contributed by atoms with E-state index in [0.29, 0.717) is 0 Å². The number of nitrogens with zero attached hydrogens (tertiary/aromatic N) is 1. The van der Waals surface area contributed by atoms with Gasteiger partial charge in [0.15, 0.2) is 0 Å². The number of fused-ring (bicyclic) bond motifs is 3. The normalized spacial score (nSPS) is 10.5. The third-order valence-corrected chi connectivity index (χ3v) is 2.59. The van der Waals surface area contributed by atoms with Crippen LogP contribution in [-0.4, -0.2) is 0 Å². The average Bonchev–Trinajstić information content (AvgIpc) is 2.56. The largest absolute Gasteiger partial charge is 0.657 e. The molecule has 2 aromatic carbocycles. The van der Waals surface area contributed by atoms with Crippen LogP contribution in [0.25, 0.3) is 21.8 Å². The van der Waals surface area contributed by atoms with Crippen LogP contribution in [0.4, 0.5) is 0 Å². The van der Waals surface area contributed by atoms with Crippen molar-refractivity contribution in [1.29, 1.82) is 0 Å². The Morgan fingerprint density at radius 1 is 0.867 bits per heavy atom. The van der Waals surface area contributed by atoms with Crippen LogP contribution < -0.4 is 4.98 Å². The number of para-hydroxylation sites is 1. The fraction of sp³-hybridized carbons (Fsp3) is 0.0769. The monoisotopic (exact) mass is 269 g/mol. The fourth-order valence-electron chi connectivity index (χ4n) is 1.89. The molecule has 0 spiro atoms. The van der Waals surface area contributed by atoms with Crippen molar-refractivity contribution in [1.82, 2.24) is 4.98 Å². The number of hydrogen-bond acceptors (Lipinski definition) is 0. The molecule has 1 heterocycles. The Bertz CT molecular complexity index is 610. The van der Waals surface area contributed by atoms with Gasteiger partial charge in [0.1, 0.15) is 0 Å². The summed E-state index contributed by atoms with van der Waals surface area (Å²) in [7, 11) is 0. The smallest absolute Gasteiger partial charge is 0 e. The van der Waals surface area contributed by atoms with Gasteiger partial charge in [-0.15, -0.1) is 11.0 Å².